The Bertz CT molecular complexity index is 992. The summed E-state index contributed by atoms with van der Waals surface area (Å²) in [4.78, 5) is 20.5. The topological polar surface area (TPSA) is 45.2 Å². The zero-order valence-corrected chi connectivity index (χ0v) is 15.9. The highest BCUT2D eigenvalue weighted by atomic mass is 35.5. The van der Waals surface area contributed by atoms with Gasteiger partial charge in [0.25, 0.3) is 0 Å². The summed E-state index contributed by atoms with van der Waals surface area (Å²) in [5.74, 6) is 0.960. The summed E-state index contributed by atoms with van der Waals surface area (Å²) in [6.45, 7) is 2.95. The van der Waals surface area contributed by atoms with E-state index in [9.17, 15) is 4.79 Å². The molecule has 0 fully saturated rings. The summed E-state index contributed by atoms with van der Waals surface area (Å²) in [7, 11) is 0. The lowest BCUT2D eigenvalue weighted by Crippen LogP contribution is -2.28. The van der Waals surface area contributed by atoms with Gasteiger partial charge < -0.3 is 10.2 Å². The molecule has 1 N–H and O–H groups in total. The number of rotatable bonds is 4. The van der Waals surface area contributed by atoms with Crippen molar-refractivity contribution in [2.45, 2.75) is 23.1 Å². The summed E-state index contributed by atoms with van der Waals surface area (Å²) in [5, 5.41) is 4.72. The first kappa shape index (κ1) is 17.2. The molecule has 1 aromatic heterocycles. The maximum Gasteiger partial charge on any atom is 0.216 e. The van der Waals surface area contributed by atoms with Crippen molar-refractivity contribution in [3.05, 3.63) is 53.6 Å². The number of anilines is 2. The lowest BCUT2D eigenvalue weighted by Gasteiger charge is -2.32. The third-order valence-corrected chi connectivity index (χ3v) is 5.59. The quantitative estimate of drug-likeness (QED) is 0.643. The van der Waals surface area contributed by atoms with E-state index in [2.05, 4.69) is 22.3 Å². The first-order valence-electron chi connectivity index (χ1n) is 8.51. The lowest BCUT2D eigenvalue weighted by molar-refractivity contribution is -0.118. The zero-order valence-electron chi connectivity index (χ0n) is 14.3. The molecule has 2 heterocycles. The smallest absolute Gasteiger partial charge is 0.216 e. The minimum absolute atomic E-state index is 0.00380. The van der Waals surface area contributed by atoms with Crippen LogP contribution in [0.25, 0.3) is 10.9 Å². The van der Waals surface area contributed by atoms with Crippen LogP contribution in [-0.4, -0.2) is 24.0 Å². The number of fused-ring (bicyclic) bond motifs is 3. The van der Waals surface area contributed by atoms with Gasteiger partial charge in [-0.25, -0.2) is 4.98 Å². The molecule has 0 bridgehead atoms. The van der Waals surface area contributed by atoms with Crippen molar-refractivity contribution in [1.82, 2.24) is 10.3 Å². The van der Waals surface area contributed by atoms with Crippen LogP contribution in [0.4, 0.5) is 11.5 Å². The summed E-state index contributed by atoms with van der Waals surface area (Å²) >= 11 is 7.91. The average Bonchev–Trinajstić information content (AvgIpc) is 2.62. The molecular weight excluding hydrogens is 366 g/mol. The Morgan fingerprint density at radius 3 is 2.88 bits per heavy atom. The number of benzene rings is 2. The van der Waals surface area contributed by atoms with Crippen LogP contribution < -0.4 is 10.2 Å². The fraction of sp³-hybridized carbons (Fsp3) is 0.200. The first-order chi connectivity index (χ1) is 12.6. The van der Waals surface area contributed by atoms with Gasteiger partial charge in [-0.05, 0) is 36.8 Å². The Balaban J connectivity index is 1.73. The monoisotopic (exact) mass is 383 g/mol. The average molecular weight is 384 g/mol. The number of carbonyl (C=O) groups excluding carboxylic acids is 1. The van der Waals surface area contributed by atoms with Gasteiger partial charge in [0.15, 0.2) is 0 Å². The van der Waals surface area contributed by atoms with Crippen molar-refractivity contribution in [2.75, 3.05) is 18.0 Å². The molecule has 0 saturated carbocycles. The standard InChI is InChI=1S/C20H18ClN3OS/c1-13(25)22-9-4-10-24-17-8-7-15(21)12-18(17)26-19-11-14-5-2-3-6-16(14)23-20(19)24/h2-3,5-8,11-12H,4,9-10H2,1H3,(H,22,25). The molecule has 6 heteroatoms. The molecule has 0 unspecified atom stereocenters. The van der Waals surface area contributed by atoms with E-state index in [4.69, 9.17) is 16.6 Å². The number of nitrogens with zero attached hydrogens (tertiary/aromatic N) is 2. The van der Waals surface area contributed by atoms with Crippen LogP contribution in [-0.2, 0) is 4.79 Å². The molecule has 3 aromatic rings. The Labute approximate surface area is 161 Å². The minimum atomic E-state index is -0.00380. The van der Waals surface area contributed by atoms with Gasteiger partial charge in [0.1, 0.15) is 5.82 Å². The Morgan fingerprint density at radius 2 is 2.04 bits per heavy atom. The van der Waals surface area contributed by atoms with Crippen molar-refractivity contribution in [3.63, 3.8) is 0 Å². The van der Waals surface area contributed by atoms with Crippen molar-refractivity contribution in [1.29, 1.82) is 0 Å². The first-order valence-corrected chi connectivity index (χ1v) is 9.70. The van der Waals surface area contributed by atoms with Crippen molar-refractivity contribution >= 4 is 51.7 Å². The third-order valence-electron chi connectivity index (χ3n) is 4.29. The van der Waals surface area contributed by atoms with Gasteiger partial charge in [0, 0.05) is 35.3 Å². The predicted octanol–water partition coefficient (Wildman–Crippen LogP) is 5.02. The van der Waals surface area contributed by atoms with E-state index in [1.54, 1.807) is 11.8 Å². The maximum absolute atomic E-state index is 11.1. The largest absolute Gasteiger partial charge is 0.356 e. The normalized spacial score (nSPS) is 12.6. The van der Waals surface area contributed by atoms with E-state index in [-0.39, 0.29) is 5.91 Å². The van der Waals surface area contributed by atoms with Crippen LogP contribution in [0.15, 0.2) is 58.3 Å². The number of hydrogen-bond donors (Lipinski definition) is 1. The number of carbonyl (C=O) groups is 1. The summed E-state index contributed by atoms with van der Waals surface area (Å²) in [6, 6.07) is 16.3. The molecule has 4 nitrogen and oxygen atoms in total. The number of pyridine rings is 1. The highest BCUT2D eigenvalue weighted by Gasteiger charge is 2.25. The molecule has 0 spiro atoms. The molecule has 1 aliphatic heterocycles. The fourth-order valence-electron chi connectivity index (χ4n) is 3.11. The van der Waals surface area contributed by atoms with Crippen molar-refractivity contribution < 1.29 is 4.79 Å². The van der Waals surface area contributed by atoms with Crippen molar-refractivity contribution in [2.24, 2.45) is 0 Å². The highest BCUT2D eigenvalue weighted by Crippen LogP contribution is 2.48. The van der Waals surface area contributed by atoms with Crippen LogP contribution in [0.5, 0.6) is 0 Å². The van der Waals surface area contributed by atoms with E-state index < -0.39 is 0 Å². The number of nitrogens with one attached hydrogen (secondary N) is 1. The van der Waals surface area contributed by atoms with Crippen molar-refractivity contribution in [3.8, 4) is 0 Å². The van der Waals surface area contributed by atoms with Gasteiger partial charge in [-0.15, -0.1) is 0 Å². The van der Waals surface area contributed by atoms with Crippen LogP contribution in [0.2, 0.25) is 5.02 Å². The minimum Gasteiger partial charge on any atom is -0.356 e. The van der Waals surface area contributed by atoms with Gasteiger partial charge in [-0.1, -0.05) is 41.6 Å². The van der Waals surface area contributed by atoms with E-state index >= 15 is 0 Å². The van der Waals surface area contributed by atoms with E-state index in [0.29, 0.717) is 6.54 Å². The van der Waals surface area contributed by atoms with E-state index in [1.165, 1.54) is 6.92 Å². The molecule has 132 valence electrons. The number of aromatic nitrogens is 1. The number of hydrogen-bond acceptors (Lipinski definition) is 4. The molecular formula is C20H18ClN3OS. The van der Waals surface area contributed by atoms with Gasteiger partial charge in [-0.3, -0.25) is 4.79 Å². The number of halogens is 1. The molecule has 0 atom stereocenters. The molecule has 0 radical (unpaired) electrons. The number of amides is 1. The van der Waals surface area contributed by atoms with Gasteiger partial charge in [0.05, 0.1) is 16.1 Å². The van der Waals surface area contributed by atoms with Crippen LogP contribution in [0.1, 0.15) is 13.3 Å². The third kappa shape index (κ3) is 3.37. The lowest BCUT2D eigenvalue weighted by atomic mass is 10.2. The predicted molar refractivity (Wildman–Crippen MR) is 108 cm³/mol. The Hall–Kier alpha value is -2.24. The molecule has 1 aliphatic rings. The maximum atomic E-state index is 11.1. The second-order valence-corrected chi connectivity index (χ2v) is 7.73. The summed E-state index contributed by atoms with van der Waals surface area (Å²) in [6.07, 6.45) is 0.834. The molecule has 1 amide bonds. The number of para-hydroxylation sites is 1. The molecule has 4 rings (SSSR count). The second kappa shape index (κ2) is 7.17. The van der Waals surface area contributed by atoms with Crippen LogP contribution in [0, 0.1) is 0 Å². The fourth-order valence-corrected chi connectivity index (χ4v) is 4.48. The second-order valence-electron chi connectivity index (χ2n) is 6.21. The zero-order chi connectivity index (χ0) is 18.1. The van der Waals surface area contributed by atoms with Crippen LogP contribution >= 0.6 is 23.4 Å². The van der Waals surface area contributed by atoms with Gasteiger partial charge in [-0.2, -0.15) is 0 Å². The van der Waals surface area contributed by atoms with Gasteiger partial charge >= 0.3 is 0 Å². The SMILES string of the molecule is CC(=O)NCCCN1c2ccc(Cl)cc2Sc2cc3ccccc3nc21. The Morgan fingerprint density at radius 1 is 1.19 bits per heavy atom. The molecule has 26 heavy (non-hydrogen) atoms. The molecule has 0 aliphatic carbocycles. The van der Waals surface area contributed by atoms with E-state index in [1.807, 2.05) is 36.4 Å². The highest BCUT2D eigenvalue weighted by molar-refractivity contribution is 7.99. The summed E-state index contributed by atoms with van der Waals surface area (Å²) < 4.78 is 0. The molecule has 0 saturated heterocycles. The van der Waals surface area contributed by atoms with E-state index in [0.717, 1.165) is 50.2 Å². The molecule has 2 aromatic carbocycles. The Kier molecular flexibility index (Phi) is 4.74. The van der Waals surface area contributed by atoms with Gasteiger partial charge in [0.2, 0.25) is 5.91 Å². The summed E-state index contributed by atoms with van der Waals surface area (Å²) in [5.41, 5.74) is 2.09. The van der Waals surface area contributed by atoms with Crippen LogP contribution in [0.3, 0.4) is 0 Å².